The molecule has 0 bridgehead atoms. The molecule has 11 heavy (non-hydrogen) atoms. The molecule has 0 fully saturated rings. The van der Waals surface area contributed by atoms with Crippen LogP contribution in [-0.2, 0) is 0 Å². The summed E-state index contributed by atoms with van der Waals surface area (Å²) < 4.78 is 0. The highest BCUT2D eigenvalue weighted by atomic mass is 14.9. The zero-order valence-corrected chi connectivity index (χ0v) is 8.28. The maximum atomic E-state index is 3.85. The third-order valence-electron chi connectivity index (χ3n) is 2.22. The molecule has 0 aromatic heterocycles. The summed E-state index contributed by atoms with van der Waals surface area (Å²) >= 11 is 0. The summed E-state index contributed by atoms with van der Waals surface area (Å²) in [5.74, 6) is 0.759. The predicted octanol–water partition coefficient (Wildman–Crippen LogP) is 2.59. The van der Waals surface area contributed by atoms with Crippen molar-refractivity contribution in [3.05, 3.63) is 12.2 Å². The fourth-order valence-corrected chi connectivity index (χ4v) is 0.890. The van der Waals surface area contributed by atoms with Gasteiger partial charge in [-0.05, 0) is 19.8 Å². The van der Waals surface area contributed by atoms with E-state index >= 15 is 0 Å². The Morgan fingerprint density at radius 3 is 2.36 bits per heavy atom. The molecule has 0 saturated heterocycles. The summed E-state index contributed by atoms with van der Waals surface area (Å²) in [6.45, 7) is 13.6. The average Bonchev–Trinajstić information content (AvgIpc) is 1.98. The third kappa shape index (κ3) is 5.02. The van der Waals surface area contributed by atoms with Crippen molar-refractivity contribution < 1.29 is 0 Å². The molecule has 0 aliphatic carbocycles. The normalized spacial score (nSPS) is 16.0. The van der Waals surface area contributed by atoms with Gasteiger partial charge in [0.05, 0.1) is 0 Å². The first-order chi connectivity index (χ1) is 5.07. The molecule has 0 aromatic carbocycles. The van der Waals surface area contributed by atoms with Crippen LogP contribution in [0.4, 0.5) is 0 Å². The van der Waals surface area contributed by atoms with E-state index in [0.717, 1.165) is 12.5 Å². The minimum absolute atomic E-state index is 0.608. The molecule has 0 amide bonds. The smallest absolute Gasteiger partial charge is 0.0161 e. The molecule has 0 aliphatic heterocycles. The minimum Gasteiger partial charge on any atom is -0.310 e. The Balaban J connectivity index is 3.51. The van der Waals surface area contributed by atoms with Crippen LogP contribution >= 0.6 is 0 Å². The van der Waals surface area contributed by atoms with E-state index in [1.807, 2.05) is 0 Å². The number of hydrogen-bond acceptors (Lipinski definition) is 1. The molecule has 0 rings (SSSR count). The zero-order chi connectivity index (χ0) is 8.85. The van der Waals surface area contributed by atoms with E-state index in [0.29, 0.717) is 6.04 Å². The number of nitrogens with one attached hydrogen (secondary N) is 1. The van der Waals surface area contributed by atoms with Gasteiger partial charge in [-0.3, -0.25) is 0 Å². The standard InChI is InChI=1S/C10H21N/c1-6-9(4)10(5)11-7-8(2)3/h9-11H,2,6-7H2,1,3-5H3/t9-,10+/m1/s1. The highest BCUT2D eigenvalue weighted by Gasteiger charge is 2.07. The van der Waals surface area contributed by atoms with Gasteiger partial charge < -0.3 is 5.32 Å². The Morgan fingerprint density at radius 1 is 1.45 bits per heavy atom. The molecule has 0 unspecified atom stereocenters. The molecule has 0 aliphatic rings. The number of rotatable bonds is 5. The minimum atomic E-state index is 0.608. The first-order valence-corrected chi connectivity index (χ1v) is 4.45. The highest BCUT2D eigenvalue weighted by Crippen LogP contribution is 2.06. The van der Waals surface area contributed by atoms with E-state index in [1.165, 1.54) is 12.0 Å². The molecule has 0 aromatic rings. The molecule has 1 N–H and O–H groups in total. The largest absolute Gasteiger partial charge is 0.310 e. The lowest BCUT2D eigenvalue weighted by Crippen LogP contribution is -2.32. The summed E-state index contributed by atoms with van der Waals surface area (Å²) in [7, 11) is 0. The summed E-state index contributed by atoms with van der Waals surface area (Å²) in [6.07, 6.45) is 1.24. The van der Waals surface area contributed by atoms with Gasteiger partial charge in [-0.15, -0.1) is 0 Å². The summed E-state index contributed by atoms with van der Waals surface area (Å²) in [4.78, 5) is 0. The van der Waals surface area contributed by atoms with Crippen LogP contribution in [0, 0.1) is 5.92 Å². The monoisotopic (exact) mass is 155 g/mol. The van der Waals surface area contributed by atoms with Gasteiger partial charge in [0.2, 0.25) is 0 Å². The molecule has 1 heteroatoms. The van der Waals surface area contributed by atoms with Crippen LogP contribution in [-0.4, -0.2) is 12.6 Å². The van der Waals surface area contributed by atoms with Gasteiger partial charge in [-0.25, -0.2) is 0 Å². The lowest BCUT2D eigenvalue weighted by Gasteiger charge is -2.19. The maximum Gasteiger partial charge on any atom is 0.0161 e. The van der Waals surface area contributed by atoms with Gasteiger partial charge in [0.25, 0.3) is 0 Å². The predicted molar refractivity (Wildman–Crippen MR) is 51.7 cm³/mol. The quantitative estimate of drug-likeness (QED) is 0.602. The van der Waals surface area contributed by atoms with Crippen molar-refractivity contribution in [3.63, 3.8) is 0 Å². The second-order valence-corrected chi connectivity index (χ2v) is 3.51. The van der Waals surface area contributed by atoms with Gasteiger partial charge in [-0.1, -0.05) is 32.4 Å². The summed E-state index contributed by atoms with van der Waals surface area (Å²) in [5.41, 5.74) is 1.21. The van der Waals surface area contributed by atoms with Crippen LogP contribution in [0.15, 0.2) is 12.2 Å². The van der Waals surface area contributed by atoms with E-state index in [1.54, 1.807) is 0 Å². The molecular formula is C10H21N. The molecule has 0 heterocycles. The van der Waals surface area contributed by atoms with Crippen molar-refractivity contribution in [2.24, 2.45) is 5.92 Å². The van der Waals surface area contributed by atoms with E-state index in [2.05, 4.69) is 39.6 Å². The van der Waals surface area contributed by atoms with E-state index in [-0.39, 0.29) is 0 Å². The zero-order valence-electron chi connectivity index (χ0n) is 8.28. The second kappa shape index (κ2) is 5.36. The van der Waals surface area contributed by atoms with Crippen LogP contribution in [0.1, 0.15) is 34.1 Å². The Kier molecular flexibility index (Phi) is 5.22. The van der Waals surface area contributed by atoms with Gasteiger partial charge in [0.15, 0.2) is 0 Å². The number of hydrogen-bond donors (Lipinski definition) is 1. The Hall–Kier alpha value is -0.300. The van der Waals surface area contributed by atoms with Crippen LogP contribution < -0.4 is 5.32 Å². The molecular weight excluding hydrogens is 134 g/mol. The van der Waals surface area contributed by atoms with Gasteiger partial charge in [-0.2, -0.15) is 0 Å². The van der Waals surface area contributed by atoms with Crippen LogP contribution in [0.3, 0.4) is 0 Å². The van der Waals surface area contributed by atoms with Crippen molar-refractivity contribution in [3.8, 4) is 0 Å². The fourth-order valence-electron chi connectivity index (χ4n) is 0.890. The first-order valence-electron chi connectivity index (χ1n) is 4.45. The lowest BCUT2D eigenvalue weighted by atomic mass is 10.0. The topological polar surface area (TPSA) is 12.0 Å². The van der Waals surface area contributed by atoms with E-state index in [4.69, 9.17) is 0 Å². The molecule has 2 atom stereocenters. The average molecular weight is 155 g/mol. The second-order valence-electron chi connectivity index (χ2n) is 3.51. The molecule has 0 radical (unpaired) electrons. The van der Waals surface area contributed by atoms with E-state index in [9.17, 15) is 0 Å². The van der Waals surface area contributed by atoms with Crippen LogP contribution in [0.5, 0.6) is 0 Å². The van der Waals surface area contributed by atoms with Crippen LogP contribution in [0.2, 0.25) is 0 Å². The van der Waals surface area contributed by atoms with Crippen molar-refractivity contribution in [1.29, 1.82) is 0 Å². The Labute approximate surface area is 70.9 Å². The summed E-state index contributed by atoms with van der Waals surface area (Å²) in [5, 5.41) is 3.43. The Bertz CT molecular complexity index is 118. The summed E-state index contributed by atoms with van der Waals surface area (Å²) in [6, 6.07) is 0.608. The SMILES string of the molecule is C=C(C)CN[C@@H](C)[C@H](C)CC. The molecule has 66 valence electrons. The van der Waals surface area contributed by atoms with Crippen molar-refractivity contribution >= 4 is 0 Å². The molecule has 0 saturated carbocycles. The van der Waals surface area contributed by atoms with Crippen LogP contribution in [0.25, 0.3) is 0 Å². The molecule has 1 nitrogen and oxygen atoms in total. The lowest BCUT2D eigenvalue weighted by molar-refractivity contribution is 0.401. The van der Waals surface area contributed by atoms with Crippen molar-refractivity contribution in [1.82, 2.24) is 5.32 Å². The van der Waals surface area contributed by atoms with Gasteiger partial charge in [0.1, 0.15) is 0 Å². The highest BCUT2D eigenvalue weighted by molar-refractivity contribution is 4.91. The fraction of sp³-hybridized carbons (Fsp3) is 0.800. The molecule has 0 spiro atoms. The maximum absolute atomic E-state index is 3.85. The van der Waals surface area contributed by atoms with Gasteiger partial charge >= 0.3 is 0 Å². The third-order valence-corrected chi connectivity index (χ3v) is 2.22. The van der Waals surface area contributed by atoms with Crippen molar-refractivity contribution in [2.75, 3.05) is 6.54 Å². The van der Waals surface area contributed by atoms with Crippen molar-refractivity contribution in [2.45, 2.75) is 40.2 Å². The van der Waals surface area contributed by atoms with E-state index < -0.39 is 0 Å². The first kappa shape index (κ1) is 10.7. The Morgan fingerprint density at radius 2 is 2.00 bits per heavy atom. The van der Waals surface area contributed by atoms with Gasteiger partial charge in [0, 0.05) is 12.6 Å².